The molecule has 2 heterocycles. The maximum absolute atomic E-state index is 13.0. The quantitative estimate of drug-likeness (QED) is 0.170. The van der Waals surface area contributed by atoms with E-state index in [4.69, 9.17) is 10.7 Å². The van der Waals surface area contributed by atoms with E-state index in [0.29, 0.717) is 46.5 Å². The number of likely N-dealkylation sites (N-methyl/N-ethyl adjacent to an activating group) is 1. The third-order valence-electron chi connectivity index (χ3n) is 6.66. The van der Waals surface area contributed by atoms with Gasteiger partial charge in [-0.05, 0) is 63.5 Å². The molecule has 222 valence electrons. The predicted molar refractivity (Wildman–Crippen MR) is 173 cm³/mol. The van der Waals surface area contributed by atoms with Crippen LogP contribution in [0, 0.1) is 6.92 Å². The molecule has 0 atom stereocenters. The van der Waals surface area contributed by atoms with Gasteiger partial charge in [0, 0.05) is 58.6 Å². The summed E-state index contributed by atoms with van der Waals surface area (Å²) in [7, 11) is 3.83. The second-order valence-electron chi connectivity index (χ2n) is 10.4. The first-order valence-electron chi connectivity index (χ1n) is 13.8. The number of para-hydroxylation sites is 1. The number of amides is 3. The minimum absolute atomic E-state index is 0.275. The third-order valence-corrected chi connectivity index (χ3v) is 6.66. The molecule has 2 aromatic heterocycles. The number of benzene rings is 3. The normalized spacial score (nSPS) is 11.2. The van der Waals surface area contributed by atoms with Crippen LogP contribution >= 0.6 is 0 Å². The van der Waals surface area contributed by atoms with Crippen LogP contribution < -0.4 is 21.7 Å². The van der Waals surface area contributed by atoms with E-state index in [1.807, 2.05) is 60.8 Å². The first-order valence-corrected chi connectivity index (χ1v) is 13.8. The fraction of sp³-hybridized carbons (Fsp3) is 0.121. The highest BCUT2D eigenvalue weighted by molar-refractivity contribution is 6.07. The molecule has 3 amide bonds. The summed E-state index contributed by atoms with van der Waals surface area (Å²) >= 11 is 0. The van der Waals surface area contributed by atoms with Gasteiger partial charge in [-0.3, -0.25) is 14.4 Å². The molecular formula is C33H32N8O3. The molecule has 0 aliphatic heterocycles. The van der Waals surface area contributed by atoms with Crippen LogP contribution in [0.1, 0.15) is 26.3 Å². The summed E-state index contributed by atoms with van der Waals surface area (Å²) in [6, 6.07) is 21.4. The van der Waals surface area contributed by atoms with E-state index in [0.717, 1.165) is 16.5 Å². The number of nitrogens with zero attached hydrogens (tertiary/aromatic N) is 4. The highest BCUT2D eigenvalue weighted by Gasteiger charge is 2.16. The van der Waals surface area contributed by atoms with Crippen molar-refractivity contribution in [3.8, 4) is 5.82 Å². The van der Waals surface area contributed by atoms with Crippen LogP contribution in [0.3, 0.4) is 0 Å². The SMILES string of the molecule is Cc1cnc(Nc2cccc(NC(=O)c3cccc(NC(=O)C=CCN(C)C)c3)c2)nc1-n1cc(C(N)=O)c2ccccc21. The molecule has 11 nitrogen and oxygen atoms in total. The maximum atomic E-state index is 13.0. The van der Waals surface area contributed by atoms with E-state index >= 15 is 0 Å². The number of aromatic nitrogens is 3. The van der Waals surface area contributed by atoms with E-state index in [1.54, 1.807) is 60.9 Å². The maximum Gasteiger partial charge on any atom is 0.255 e. The molecule has 0 aliphatic carbocycles. The van der Waals surface area contributed by atoms with Crippen molar-refractivity contribution in [1.82, 2.24) is 19.4 Å². The van der Waals surface area contributed by atoms with Crippen molar-refractivity contribution in [2.45, 2.75) is 6.92 Å². The fourth-order valence-corrected chi connectivity index (χ4v) is 4.59. The number of fused-ring (bicyclic) bond motifs is 1. The Labute approximate surface area is 254 Å². The summed E-state index contributed by atoms with van der Waals surface area (Å²) < 4.78 is 1.82. The number of nitrogens with two attached hydrogens (primary N) is 1. The molecule has 0 saturated carbocycles. The van der Waals surface area contributed by atoms with Crippen LogP contribution in [0.4, 0.5) is 23.0 Å². The number of hydrogen-bond acceptors (Lipinski definition) is 7. The van der Waals surface area contributed by atoms with Crippen LogP contribution in [0.2, 0.25) is 0 Å². The van der Waals surface area contributed by atoms with E-state index in [2.05, 4.69) is 20.9 Å². The van der Waals surface area contributed by atoms with Gasteiger partial charge in [-0.25, -0.2) is 4.98 Å². The molecule has 5 aromatic rings. The van der Waals surface area contributed by atoms with Gasteiger partial charge in [0.25, 0.3) is 11.8 Å². The van der Waals surface area contributed by atoms with Crippen LogP contribution in [-0.2, 0) is 4.79 Å². The molecule has 0 fully saturated rings. The van der Waals surface area contributed by atoms with E-state index in [1.165, 1.54) is 6.08 Å². The van der Waals surface area contributed by atoms with Crippen molar-refractivity contribution in [3.05, 3.63) is 114 Å². The Morgan fingerprint density at radius 1 is 0.932 bits per heavy atom. The molecule has 0 radical (unpaired) electrons. The molecule has 0 aliphatic rings. The lowest BCUT2D eigenvalue weighted by molar-refractivity contribution is -0.111. The van der Waals surface area contributed by atoms with Crippen LogP contribution in [0.25, 0.3) is 16.7 Å². The molecule has 0 unspecified atom stereocenters. The van der Waals surface area contributed by atoms with Crippen LogP contribution in [0.5, 0.6) is 0 Å². The number of primary amides is 1. The number of rotatable bonds is 10. The highest BCUT2D eigenvalue weighted by Crippen LogP contribution is 2.27. The fourth-order valence-electron chi connectivity index (χ4n) is 4.59. The number of nitrogens with one attached hydrogen (secondary N) is 3. The minimum Gasteiger partial charge on any atom is -0.366 e. The van der Waals surface area contributed by atoms with Crippen molar-refractivity contribution in [3.63, 3.8) is 0 Å². The van der Waals surface area contributed by atoms with Crippen molar-refractivity contribution in [1.29, 1.82) is 0 Å². The van der Waals surface area contributed by atoms with Gasteiger partial charge in [-0.1, -0.05) is 36.4 Å². The Morgan fingerprint density at radius 3 is 2.43 bits per heavy atom. The lowest BCUT2D eigenvalue weighted by atomic mass is 10.1. The summed E-state index contributed by atoms with van der Waals surface area (Å²) in [6.45, 7) is 2.53. The minimum atomic E-state index is -0.520. The highest BCUT2D eigenvalue weighted by atomic mass is 16.2. The molecule has 3 aromatic carbocycles. The topological polar surface area (TPSA) is 147 Å². The zero-order valence-corrected chi connectivity index (χ0v) is 24.5. The zero-order valence-electron chi connectivity index (χ0n) is 24.5. The van der Waals surface area contributed by atoms with Gasteiger partial charge in [-0.2, -0.15) is 4.98 Å². The molecule has 44 heavy (non-hydrogen) atoms. The summed E-state index contributed by atoms with van der Waals surface area (Å²) in [5.74, 6) is -0.206. The first kappa shape index (κ1) is 29.7. The number of hydrogen-bond donors (Lipinski definition) is 4. The number of anilines is 4. The van der Waals surface area contributed by atoms with E-state index < -0.39 is 5.91 Å². The Bertz CT molecular complexity index is 1890. The second kappa shape index (κ2) is 13.0. The lowest BCUT2D eigenvalue weighted by Gasteiger charge is -2.12. The summed E-state index contributed by atoms with van der Waals surface area (Å²) in [6.07, 6.45) is 6.60. The molecule has 0 bridgehead atoms. The Kier molecular flexibility index (Phi) is 8.77. The smallest absolute Gasteiger partial charge is 0.255 e. The molecule has 5 rings (SSSR count). The van der Waals surface area contributed by atoms with Crippen molar-refractivity contribution < 1.29 is 14.4 Å². The third kappa shape index (κ3) is 6.97. The molecular weight excluding hydrogens is 556 g/mol. The lowest BCUT2D eigenvalue weighted by Crippen LogP contribution is -2.14. The van der Waals surface area contributed by atoms with Gasteiger partial charge in [0.2, 0.25) is 11.9 Å². The number of carbonyl (C=O) groups is 3. The van der Waals surface area contributed by atoms with Gasteiger partial charge >= 0.3 is 0 Å². The second-order valence-corrected chi connectivity index (χ2v) is 10.4. The van der Waals surface area contributed by atoms with Gasteiger partial charge in [0.1, 0.15) is 5.82 Å². The predicted octanol–water partition coefficient (Wildman–Crippen LogP) is 4.88. The van der Waals surface area contributed by atoms with E-state index in [9.17, 15) is 14.4 Å². The number of aryl methyl sites for hydroxylation is 1. The van der Waals surface area contributed by atoms with Crippen molar-refractivity contribution in [2.75, 3.05) is 36.6 Å². The number of carbonyl (C=O) groups excluding carboxylic acids is 3. The summed E-state index contributed by atoms with van der Waals surface area (Å²) in [4.78, 5) is 48.4. The standard InChI is InChI=1S/C33H32N8O3/c1-21-19-35-33(39-31(21)41-20-27(30(34)43)26-13-4-5-14-28(26)41)38-25-12-7-11-24(18-25)37-32(44)22-9-6-10-23(17-22)36-29(42)15-8-16-40(2)3/h4-15,17-20H,16H2,1-3H3,(H2,34,43)(H,36,42)(H,37,44)(H,35,38,39). The molecule has 11 heteroatoms. The van der Waals surface area contributed by atoms with Crippen molar-refractivity contribution in [2.24, 2.45) is 5.73 Å². The van der Waals surface area contributed by atoms with Gasteiger partial charge in [-0.15, -0.1) is 0 Å². The largest absolute Gasteiger partial charge is 0.366 e. The Hall–Kier alpha value is -5.81. The van der Waals surface area contributed by atoms with Crippen LogP contribution in [-0.4, -0.2) is 57.8 Å². The summed E-state index contributed by atoms with van der Waals surface area (Å²) in [5.41, 5.74) is 9.73. The monoisotopic (exact) mass is 588 g/mol. The average molecular weight is 589 g/mol. The van der Waals surface area contributed by atoms with Crippen LogP contribution in [0.15, 0.2) is 97.3 Å². The molecule has 5 N–H and O–H groups in total. The zero-order chi connectivity index (χ0) is 31.2. The summed E-state index contributed by atoms with van der Waals surface area (Å²) in [5, 5.41) is 9.59. The van der Waals surface area contributed by atoms with E-state index in [-0.39, 0.29) is 11.8 Å². The van der Waals surface area contributed by atoms with Gasteiger partial charge < -0.3 is 31.2 Å². The molecule has 0 saturated heterocycles. The average Bonchev–Trinajstić information content (AvgIpc) is 3.38. The van der Waals surface area contributed by atoms with Gasteiger partial charge in [0.15, 0.2) is 0 Å². The van der Waals surface area contributed by atoms with Gasteiger partial charge in [0.05, 0.1) is 11.1 Å². The molecule has 0 spiro atoms. The van der Waals surface area contributed by atoms with Crippen molar-refractivity contribution >= 4 is 51.6 Å². The first-order chi connectivity index (χ1) is 21.2. The Morgan fingerprint density at radius 2 is 1.66 bits per heavy atom. The Balaban J connectivity index is 1.31.